The van der Waals surface area contributed by atoms with E-state index in [0.29, 0.717) is 16.1 Å². The standard InChI is InChI=1S/C22H22Cl2N4OS/c1-27(2)16-9-10-28(13-16)22-26-19-7-5-15(12-20(19)30-22)25-21(29)8-4-14-3-6-17(23)18(24)11-14/h3-8,11-12,16H,9-10,13H2,1-2H3,(H,25,29)/b8-4+/t16-/m1/s1. The minimum Gasteiger partial charge on any atom is -0.346 e. The summed E-state index contributed by atoms with van der Waals surface area (Å²) in [7, 11) is 4.24. The van der Waals surface area contributed by atoms with Crippen LogP contribution in [0.15, 0.2) is 42.5 Å². The highest BCUT2D eigenvalue weighted by Gasteiger charge is 2.26. The zero-order valence-corrected chi connectivity index (χ0v) is 19.1. The molecule has 1 aliphatic heterocycles. The zero-order valence-electron chi connectivity index (χ0n) is 16.7. The van der Waals surface area contributed by atoms with Crippen molar-refractivity contribution in [3.05, 3.63) is 58.1 Å². The molecule has 1 amide bonds. The van der Waals surface area contributed by atoms with E-state index in [0.717, 1.165) is 46.1 Å². The van der Waals surface area contributed by atoms with Crippen molar-refractivity contribution in [2.75, 3.05) is 37.4 Å². The van der Waals surface area contributed by atoms with Crippen molar-refractivity contribution in [2.24, 2.45) is 0 Å². The van der Waals surface area contributed by atoms with Gasteiger partial charge in [-0.05, 0) is 62.5 Å². The fraction of sp³-hybridized carbons (Fsp3) is 0.273. The highest BCUT2D eigenvalue weighted by atomic mass is 35.5. The number of rotatable bonds is 5. The van der Waals surface area contributed by atoms with Crippen LogP contribution in [0.1, 0.15) is 12.0 Å². The summed E-state index contributed by atoms with van der Waals surface area (Å²) in [5.74, 6) is -0.210. The van der Waals surface area contributed by atoms with Gasteiger partial charge in [0.15, 0.2) is 5.13 Å². The quantitative estimate of drug-likeness (QED) is 0.518. The van der Waals surface area contributed by atoms with Gasteiger partial charge in [-0.25, -0.2) is 4.98 Å². The SMILES string of the molecule is CN(C)[C@@H]1CCN(c2nc3ccc(NC(=O)/C=C/c4ccc(Cl)c(Cl)c4)cc3s2)C1. The topological polar surface area (TPSA) is 48.5 Å². The van der Waals surface area contributed by atoms with Gasteiger partial charge in [-0.3, -0.25) is 4.79 Å². The van der Waals surface area contributed by atoms with Crippen LogP contribution in [0.3, 0.4) is 0 Å². The number of nitrogens with zero attached hydrogens (tertiary/aromatic N) is 3. The van der Waals surface area contributed by atoms with Gasteiger partial charge >= 0.3 is 0 Å². The Morgan fingerprint density at radius 1 is 1.23 bits per heavy atom. The lowest BCUT2D eigenvalue weighted by atomic mass is 10.2. The van der Waals surface area contributed by atoms with Crippen LogP contribution in [-0.2, 0) is 4.79 Å². The summed E-state index contributed by atoms with van der Waals surface area (Å²) in [6, 6.07) is 11.6. The second-order valence-electron chi connectivity index (χ2n) is 7.53. The normalized spacial score (nSPS) is 16.8. The molecular weight excluding hydrogens is 439 g/mol. The average Bonchev–Trinajstić information content (AvgIpc) is 3.35. The Labute approximate surface area is 189 Å². The van der Waals surface area contributed by atoms with Crippen molar-refractivity contribution in [1.82, 2.24) is 9.88 Å². The minimum atomic E-state index is -0.210. The fourth-order valence-electron chi connectivity index (χ4n) is 3.43. The van der Waals surface area contributed by atoms with Gasteiger partial charge in [-0.2, -0.15) is 0 Å². The maximum Gasteiger partial charge on any atom is 0.248 e. The Bertz CT molecular complexity index is 1110. The number of likely N-dealkylation sites (N-methyl/N-ethyl adjacent to an activating group) is 1. The Hall–Kier alpha value is -2.12. The lowest BCUT2D eigenvalue weighted by molar-refractivity contribution is -0.111. The number of hydrogen-bond donors (Lipinski definition) is 1. The van der Waals surface area contributed by atoms with Crippen molar-refractivity contribution in [3.8, 4) is 0 Å². The molecule has 0 radical (unpaired) electrons. The molecule has 0 unspecified atom stereocenters. The van der Waals surface area contributed by atoms with E-state index in [1.165, 1.54) is 6.08 Å². The maximum absolute atomic E-state index is 12.3. The van der Waals surface area contributed by atoms with E-state index in [4.69, 9.17) is 28.2 Å². The monoisotopic (exact) mass is 460 g/mol. The Morgan fingerprint density at radius 2 is 2.07 bits per heavy atom. The summed E-state index contributed by atoms with van der Waals surface area (Å²) in [5.41, 5.74) is 2.51. The molecule has 3 aromatic rings. The molecule has 1 aliphatic rings. The molecule has 0 aliphatic carbocycles. The van der Waals surface area contributed by atoms with Crippen molar-refractivity contribution in [1.29, 1.82) is 0 Å². The molecule has 8 heteroatoms. The van der Waals surface area contributed by atoms with Gasteiger partial charge in [0.1, 0.15) is 0 Å². The Kier molecular flexibility index (Phi) is 6.29. The number of hydrogen-bond acceptors (Lipinski definition) is 5. The third-order valence-corrected chi connectivity index (χ3v) is 7.00. The number of aromatic nitrogens is 1. The third-order valence-electron chi connectivity index (χ3n) is 5.18. The van der Waals surface area contributed by atoms with E-state index >= 15 is 0 Å². The van der Waals surface area contributed by atoms with Gasteiger partial charge in [-0.15, -0.1) is 0 Å². The number of fused-ring (bicyclic) bond motifs is 1. The molecule has 2 heterocycles. The molecule has 1 N–H and O–H groups in total. The van der Waals surface area contributed by atoms with Gasteiger partial charge in [0.2, 0.25) is 5.91 Å². The number of carbonyl (C=O) groups is 1. The summed E-state index contributed by atoms with van der Waals surface area (Å²) >= 11 is 13.6. The van der Waals surface area contributed by atoms with Gasteiger partial charge in [0.05, 0.1) is 20.3 Å². The summed E-state index contributed by atoms with van der Waals surface area (Å²) in [4.78, 5) is 21.7. The number of nitrogens with one attached hydrogen (secondary N) is 1. The molecule has 0 bridgehead atoms. The highest BCUT2D eigenvalue weighted by molar-refractivity contribution is 7.22. The number of amides is 1. The number of halogens is 2. The lowest BCUT2D eigenvalue weighted by Crippen LogP contribution is -2.31. The Morgan fingerprint density at radius 3 is 2.80 bits per heavy atom. The first-order valence-corrected chi connectivity index (χ1v) is 11.2. The van der Waals surface area contributed by atoms with E-state index in [1.54, 1.807) is 29.5 Å². The van der Waals surface area contributed by atoms with Crippen molar-refractivity contribution in [3.63, 3.8) is 0 Å². The predicted octanol–water partition coefficient (Wildman–Crippen LogP) is 5.40. The van der Waals surface area contributed by atoms with E-state index in [9.17, 15) is 4.79 Å². The minimum absolute atomic E-state index is 0.210. The molecule has 2 aromatic carbocycles. The van der Waals surface area contributed by atoms with E-state index < -0.39 is 0 Å². The number of anilines is 2. The summed E-state index contributed by atoms with van der Waals surface area (Å²) < 4.78 is 1.06. The third kappa shape index (κ3) is 4.78. The zero-order chi connectivity index (χ0) is 21.3. The molecular formula is C22H22Cl2N4OS. The summed E-state index contributed by atoms with van der Waals surface area (Å²) in [6.07, 6.45) is 4.33. The van der Waals surface area contributed by atoms with Gasteiger partial charge < -0.3 is 15.1 Å². The number of benzene rings is 2. The van der Waals surface area contributed by atoms with Crippen LogP contribution >= 0.6 is 34.5 Å². The van der Waals surface area contributed by atoms with Crippen LogP contribution in [0.4, 0.5) is 10.8 Å². The average molecular weight is 461 g/mol. The molecule has 4 rings (SSSR count). The number of thiazole rings is 1. The molecule has 5 nitrogen and oxygen atoms in total. The predicted molar refractivity (Wildman–Crippen MR) is 128 cm³/mol. The fourth-order valence-corrected chi connectivity index (χ4v) is 4.78. The summed E-state index contributed by atoms with van der Waals surface area (Å²) in [5, 5.41) is 4.89. The summed E-state index contributed by atoms with van der Waals surface area (Å²) in [6.45, 7) is 2.02. The Balaban J connectivity index is 1.44. The first-order chi connectivity index (χ1) is 14.4. The smallest absolute Gasteiger partial charge is 0.248 e. The van der Waals surface area contributed by atoms with Crippen LogP contribution in [0.25, 0.3) is 16.3 Å². The lowest BCUT2D eigenvalue weighted by Gasteiger charge is -2.19. The molecule has 1 atom stereocenters. The molecule has 0 saturated carbocycles. The van der Waals surface area contributed by atoms with Crippen molar-refractivity contribution < 1.29 is 4.79 Å². The first-order valence-electron chi connectivity index (χ1n) is 9.65. The largest absolute Gasteiger partial charge is 0.346 e. The molecule has 30 heavy (non-hydrogen) atoms. The second kappa shape index (κ2) is 8.94. The molecule has 1 fully saturated rings. The van der Waals surface area contributed by atoms with Crippen molar-refractivity contribution >= 4 is 67.6 Å². The van der Waals surface area contributed by atoms with Gasteiger partial charge in [0, 0.05) is 30.9 Å². The molecule has 156 valence electrons. The molecule has 1 saturated heterocycles. The van der Waals surface area contributed by atoms with Crippen LogP contribution in [-0.4, -0.2) is 49.0 Å². The van der Waals surface area contributed by atoms with E-state index in [-0.39, 0.29) is 5.91 Å². The molecule has 0 spiro atoms. The van der Waals surface area contributed by atoms with Crippen LogP contribution in [0.5, 0.6) is 0 Å². The van der Waals surface area contributed by atoms with Crippen LogP contribution in [0, 0.1) is 0 Å². The van der Waals surface area contributed by atoms with E-state index in [2.05, 4.69) is 29.2 Å². The van der Waals surface area contributed by atoms with E-state index in [1.807, 2.05) is 24.3 Å². The second-order valence-corrected chi connectivity index (χ2v) is 9.35. The van der Waals surface area contributed by atoms with Crippen LogP contribution < -0.4 is 10.2 Å². The van der Waals surface area contributed by atoms with Gasteiger partial charge in [0.25, 0.3) is 0 Å². The maximum atomic E-state index is 12.3. The van der Waals surface area contributed by atoms with Crippen LogP contribution in [0.2, 0.25) is 10.0 Å². The number of carbonyl (C=O) groups excluding carboxylic acids is 1. The molecule has 1 aromatic heterocycles. The van der Waals surface area contributed by atoms with Gasteiger partial charge in [-0.1, -0.05) is 40.6 Å². The first kappa shape index (κ1) is 21.1. The van der Waals surface area contributed by atoms with Crippen molar-refractivity contribution in [2.45, 2.75) is 12.5 Å². The highest BCUT2D eigenvalue weighted by Crippen LogP contribution is 2.33.